The standard InChI is InChI=1S/C14H17BrN4O2/c1-10(2)18(9-14(20)21)7-11-8-19(17-16-11)13-6-4-3-5-12(13)15/h3-6,8,10H,7,9H2,1-2H3,(H,20,21). The monoisotopic (exact) mass is 352 g/mol. The number of aromatic nitrogens is 3. The van der Waals surface area contributed by atoms with Crippen LogP contribution in [0.15, 0.2) is 34.9 Å². The Morgan fingerprint density at radius 3 is 2.76 bits per heavy atom. The molecule has 7 heteroatoms. The molecule has 1 aromatic heterocycles. The molecule has 6 nitrogen and oxygen atoms in total. The number of para-hydroxylation sites is 1. The number of rotatable bonds is 6. The first-order valence-electron chi connectivity index (χ1n) is 6.59. The van der Waals surface area contributed by atoms with E-state index in [-0.39, 0.29) is 12.6 Å². The number of benzene rings is 1. The SMILES string of the molecule is CC(C)N(CC(=O)O)Cc1cn(-c2ccccc2Br)nn1. The number of carbonyl (C=O) groups is 1. The molecule has 2 rings (SSSR count). The first kappa shape index (κ1) is 15.7. The lowest BCUT2D eigenvalue weighted by atomic mass is 10.3. The molecule has 1 N–H and O–H groups in total. The highest BCUT2D eigenvalue weighted by molar-refractivity contribution is 9.10. The van der Waals surface area contributed by atoms with Crippen LogP contribution in [0, 0.1) is 0 Å². The minimum atomic E-state index is -0.845. The van der Waals surface area contributed by atoms with Crippen LogP contribution in [0.1, 0.15) is 19.5 Å². The molecule has 0 aliphatic carbocycles. The maximum Gasteiger partial charge on any atom is 0.317 e. The number of aliphatic carboxylic acids is 1. The van der Waals surface area contributed by atoms with Crippen LogP contribution in [0.3, 0.4) is 0 Å². The molecule has 0 unspecified atom stereocenters. The van der Waals surface area contributed by atoms with Gasteiger partial charge in [0.05, 0.1) is 24.1 Å². The Labute approximate surface area is 131 Å². The van der Waals surface area contributed by atoms with Crippen LogP contribution in [-0.2, 0) is 11.3 Å². The Morgan fingerprint density at radius 2 is 2.14 bits per heavy atom. The molecule has 112 valence electrons. The summed E-state index contributed by atoms with van der Waals surface area (Å²) in [5.41, 5.74) is 1.63. The van der Waals surface area contributed by atoms with E-state index in [1.807, 2.05) is 49.2 Å². The van der Waals surface area contributed by atoms with Gasteiger partial charge in [0.2, 0.25) is 0 Å². The van der Waals surface area contributed by atoms with Gasteiger partial charge in [0, 0.05) is 17.1 Å². The van der Waals surface area contributed by atoms with Gasteiger partial charge in [-0.1, -0.05) is 17.3 Å². The van der Waals surface area contributed by atoms with Crippen molar-refractivity contribution in [3.8, 4) is 5.69 Å². The lowest BCUT2D eigenvalue weighted by Gasteiger charge is -2.22. The molecule has 0 fully saturated rings. The molecular formula is C14H17BrN4O2. The highest BCUT2D eigenvalue weighted by Crippen LogP contribution is 2.19. The Bertz CT molecular complexity index is 627. The van der Waals surface area contributed by atoms with Gasteiger partial charge in [0.25, 0.3) is 0 Å². The zero-order valence-electron chi connectivity index (χ0n) is 11.9. The van der Waals surface area contributed by atoms with Crippen molar-refractivity contribution in [2.45, 2.75) is 26.4 Å². The smallest absolute Gasteiger partial charge is 0.317 e. The first-order valence-corrected chi connectivity index (χ1v) is 7.38. The van der Waals surface area contributed by atoms with Gasteiger partial charge in [-0.2, -0.15) is 0 Å². The number of hydrogen-bond donors (Lipinski definition) is 1. The third-order valence-electron chi connectivity index (χ3n) is 3.07. The van der Waals surface area contributed by atoms with Crippen molar-refractivity contribution in [2.24, 2.45) is 0 Å². The molecule has 0 aliphatic heterocycles. The van der Waals surface area contributed by atoms with E-state index < -0.39 is 5.97 Å². The summed E-state index contributed by atoms with van der Waals surface area (Å²) in [6.07, 6.45) is 1.82. The predicted molar refractivity (Wildman–Crippen MR) is 82.2 cm³/mol. The molecule has 0 radical (unpaired) electrons. The highest BCUT2D eigenvalue weighted by atomic mass is 79.9. The Hall–Kier alpha value is -1.73. The second kappa shape index (κ2) is 6.82. The quantitative estimate of drug-likeness (QED) is 0.863. The van der Waals surface area contributed by atoms with Gasteiger partial charge in [0.15, 0.2) is 0 Å². The lowest BCUT2D eigenvalue weighted by Crippen LogP contribution is -2.35. The average molecular weight is 353 g/mol. The zero-order valence-corrected chi connectivity index (χ0v) is 13.5. The van der Waals surface area contributed by atoms with Crippen LogP contribution in [0.2, 0.25) is 0 Å². The molecule has 0 aliphatic rings. The van der Waals surface area contributed by atoms with E-state index >= 15 is 0 Å². The fourth-order valence-corrected chi connectivity index (χ4v) is 2.40. The van der Waals surface area contributed by atoms with E-state index in [9.17, 15) is 4.79 Å². The predicted octanol–water partition coefficient (Wildman–Crippen LogP) is 2.32. The molecular weight excluding hydrogens is 336 g/mol. The van der Waals surface area contributed by atoms with Crippen molar-refractivity contribution in [1.82, 2.24) is 19.9 Å². The third-order valence-corrected chi connectivity index (χ3v) is 3.74. The van der Waals surface area contributed by atoms with Crippen molar-refractivity contribution < 1.29 is 9.90 Å². The van der Waals surface area contributed by atoms with Crippen molar-refractivity contribution in [2.75, 3.05) is 6.54 Å². The molecule has 0 spiro atoms. The third kappa shape index (κ3) is 4.12. The molecule has 0 amide bonds. The Balaban J connectivity index is 2.16. The summed E-state index contributed by atoms with van der Waals surface area (Å²) in [5.74, 6) is -0.845. The number of carboxylic acid groups (broad SMARTS) is 1. The van der Waals surface area contributed by atoms with E-state index in [1.165, 1.54) is 0 Å². The Kier molecular flexibility index (Phi) is 5.08. The van der Waals surface area contributed by atoms with Crippen molar-refractivity contribution in [3.63, 3.8) is 0 Å². The topological polar surface area (TPSA) is 71.2 Å². The summed E-state index contributed by atoms with van der Waals surface area (Å²) >= 11 is 3.47. The molecule has 0 bridgehead atoms. The molecule has 1 heterocycles. The van der Waals surface area contributed by atoms with E-state index in [0.717, 1.165) is 15.9 Å². The summed E-state index contributed by atoms with van der Waals surface area (Å²) in [6.45, 7) is 4.36. The van der Waals surface area contributed by atoms with Gasteiger partial charge >= 0.3 is 5.97 Å². The van der Waals surface area contributed by atoms with Crippen LogP contribution in [0.4, 0.5) is 0 Å². The average Bonchev–Trinajstić information content (AvgIpc) is 2.86. The lowest BCUT2D eigenvalue weighted by molar-refractivity contribution is -0.139. The second-order valence-electron chi connectivity index (χ2n) is 5.00. The number of nitrogens with zero attached hydrogens (tertiary/aromatic N) is 4. The minimum absolute atomic E-state index is 0.0143. The molecule has 2 aromatic rings. The van der Waals surface area contributed by atoms with Gasteiger partial charge < -0.3 is 5.11 Å². The number of hydrogen-bond acceptors (Lipinski definition) is 4. The van der Waals surface area contributed by atoms with E-state index in [4.69, 9.17) is 5.11 Å². The maximum atomic E-state index is 10.9. The highest BCUT2D eigenvalue weighted by Gasteiger charge is 2.16. The largest absolute Gasteiger partial charge is 0.480 e. The first-order chi connectivity index (χ1) is 9.97. The van der Waals surface area contributed by atoms with Gasteiger partial charge in [-0.05, 0) is 41.9 Å². The van der Waals surface area contributed by atoms with Gasteiger partial charge in [0.1, 0.15) is 0 Å². The van der Waals surface area contributed by atoms with Crippen LogP contribution in [0.25, 0.3) is 5.69 Å². The van der Waals surface area contributed by atoms with E-state index in [1.54, 1.807) is 4.68 Å². The second-order valence-corrected chi connectivity index (χ2v) is 5.85. The van der Waals surface area contributed by atoms with Crippen molar-refractivity contribution >= 4 is 21.9 Å². The Morgan fingerprint density at radius 1 is 1.43 bits per heavy atom. The summed E-state index contributed by atoms with van der Waals surface area (Å²) in [4.78, 5) is 12.7. The molecule has 1 aromatic carbocycles. The van der Waals surface area contributed by atoms with Crippen molar-refractivity contribution in [3.05, 3.63) is 40.6 Å². The van der Waals surface area contributed by atoms with E-state index in [0.29, 0.717) is 6.54 Å². The maximum absolute atomic E-state index is 10.9. The van der Waals surface area contributed by atoms with Crippen molar-refractivity contribution in [1.29, 1.82) is 0 Å². The number of carboxylic acids is 1. The normalized spacial score (nSPS) is 11.3. The van der Waals surface area contributed by atoms with Crippen LogP contribution in [-0.4, -0.2) is 43.6 Å². The van der Waals surface area contributed by atoms with Gasteiger partial charge in [-0.25, -0.2) is 4.68 Å². The number of halogens is 1. The molecule has 0 saturated heterocycles. The molecule has 0 atom stereocenters. The van der Waals surface area contributed by atoms with Crippen LogP contribution < -0.4 is 0 Å². The molecule has 21 heavy (non-hydrogen) atoms. The fraction of sp³-hybridized carbons (Fsp3) is 0.357. The van der Waals surface area contributed by atoms with Crippen LogP contribution >= 0.6 is 15.9 Å². The van der Waals surface area contributed by atoms with Crippen LogP contribution in [0.5, 0.6) is 0 Å². The van der Waals surface area contributed by atoms with Gasteiger partial charge in [-0.15, -0.1) is 5.10 Å². The minimum Gasteiger partial charge on any atom is -0.480 e. The van der Waals surface area contributed by atoms with E-state index in [2.05, 4.69) is 26.2 Å². The zero-order chi connectivity index (χ0) is 15.4. The summed E-state index contributed by atoms with van der Waals surface area (Å²) in [7, 11) is 0. The fourth-order valence-electron chi connectivity index (χ4n) is 1.93. The molecule has 0 saturated carbocycles. The summed E-state index contributed by atoms with van der Waals surface area (Å²) in [5, 5.41) is 17.2. The summed E-state index contributed by atoms with van der Waals surface area (Å²) < 4.78 is 2.60. The summed E-state index contributed by atoms with van der Waals surface area (Å²) in [6, 6.07) is 7.84. The van der Waals surface area contributed by atoms with Gasteiger partial charge in [-0.3, -0.25) is 9.69 Å².